The summed E-state index contributed by atoms with van der Waals surface area (Å²) in [7, 11) is -4.69. The smallest absolute Gasteiger partial charge is 0.341 e. The Morgan fingerprint density at radius 3 is 2.58 bits per heavy atom. The number of halogens is 2. The van der Waals surface area contributed by atoms with Gasteiger partial charge in [0, 0.05) is 25.4 Å². The van der Waals surface area contributed by atoms with Crippen LogP contribution in [-0.4, -0.2) is 50.9 Å². The summed E-state index contributed by atoms with van der Waals surface area (Å²) in [6.45, 7) is 1.99. The molecule has 0 aromatic heterocycles. The zero-order valence-electron chi connectivity index (χ0n) is 14.2. The van der Waals surface area contributed by atoms with Crippen molar-refractivity contribution in [1.82, 2.24) is 4.90 Å². The van der Waals surface area contributed by atoms with E-state index in [1.807, 2.05) is 0 Å². The van der Waals surface area contributed by atoms with Gasteiger partial charge < -0.3 is 15.0 Å². The normalized spacial score (nSPS) is 22.0. The van der Waals surface area contributed by atoms with E-state index >= 15 is 0 Å². The van der Waals surface area contributed by atoms with Crippen LogP contribution in [0.4, 0.5) is 19.3 Å². The number of urea groups is 1. The summed E-state index contributed by atoms with van der Waals surface area (Å²) in [5.41, 5.74) is 0.179. The van der Waals surface area contributed by atoms with Crippen LogP contribution in [-0.2, 0) is 14.6 Å². The predicted molar refractivity (Wildman–Crippen MR) is 91.9 cm³/mol. The largest absolute Gasteiger partial charge is 0.378 e. The highest BCUT2D eigenvalue weighted by Gasteiger charge is 2.31. The second-order valence-corrected chi connectivity index (χ2v) is 8.56. The molecule has 0 radical (unpaired) electrons. The van der Waals surface area contributed by atoms with Crippen molar-refractivity contribution in [3.63, 3.8) is 0 Å². The third-order valence-electron chi connectivity index (χ3n) is 4.97. The number of likely N-dealkylation sites (tertiary alicyclic amines) is 1. The molecular formula is C17H22F2N2O4S. The first-order valence-corrected chi connectivity index (χ1v) is 10.2. The quantitative estimate of drug-likeness (QED) is 0.860. The van der Waals surface area contributed by atoms with Crippen LogP contribution in [0.15, 0.2) is 29.2 Å². The second kappa shape index (κ2) is 7.87. The van der Waals surface area contributed by atoms with Crippen LogP contribution >= 0.6 is 0 Å². The number of alkyl halides is 2. The molecule has 2 saturated heterocycles. The molecule has 144 valence electrons. The van der Waals surface area contributed by atoms with Crippen molar-refractivity contribution < 1.29 is 26.7 Å². The van der Waals surface area contributed by atoms with Crippen molar-refractivity contribution >= 4 is 21.6 Å². The highest BCUT2D eigenvalue weighted by molar-refractivity contribution is 7.91. The van der Waals surface area contributed by atoms with Crippen molar-refractivity contribution in [2.24, 2.45) is 5.92 Å². The maximum Gasteiger partial charge on any atom is 0.341 e. The van der Waals surface area contributed by atoms with Gasteiger partial charge in [-0.05, 0) is 49.8 Å². The predicted octanol–water partition coefficient (Wildman–Crippen LogP) is 3.11. The second-order valence-electron chi connectivity index (χ2n) is 6.64. The molecule has 1 atom stereocenters. The topological polar surface area (TPSA) is 75.7 Å². The molecule has 0 saturated carbocycles. The Morgan fingerprint density at radius 2 is 1.96 bits per heavy atom. The van der Waals surface area contributed by atoms with E-state index in [1.165, 1.54) is 12.1 Å². The van der Waals surface area contributed by atoms with Crippen LogP contribution in [0.1, 0.15) is 25.7 Å². The summed E-state index contributed by atoms with van der Waals surface area (Å²) in [6.07, 6.45) is 4.16. The standard InChI is InChI=1S/C17H22F2N2O4S/c18-16(19)26(23,24)14-4-1-3-13(11-14)20-17(22)21-8-6-12(7-9-21)15-5-2-10-25-15/h1,3-4,11-12,15-16H,2,5-10H2,(H,20,22). The first-order valence-electron chi connectivity index (χ1n) is 8.67. The minimum absolute atomic E-state index is 0.179. The Labute approximate surface area is 151 Å². The molecule has 0 bridgehead atoms. The minimum atomic E-state index is -4.69. The Balaban J connectivity index is 1.59. The Bertz CT molecular complexity index is 743. The highest BCUT2D eigenvalue weighted by Crippen LogP contribution is 2.29. The Kier molecular flexibility index (Phi) is 5.76. The maximum atomic E-state index is 12.7. The molecule has 2 amide bonds. The van der Waals surface area contributed by atoms with Gasteiger partial charge in [0.05, 0.1) is 11.0 Å². The molecule has 26 heavy (non-hydrogen) atoms. The average molecular weight is 388 g/mol. The number of carbonyl (C=O) groups excluding carboxylic acids is 1. The van der Waals surface area contributed by atoms with Gasteiger partial charge in [-0.15, -0.1) is 0 Å². The van der Waals surface area contributed by atoms with E-state index in [1.54, 1.807) is 4.90 Å². The summed E-state index contributed by atoms with van der Waals surface area (Å²) in [5.74, 6) is -3.04. The van der Waals surface area contributed by atoms with Crippen LogP contribution in [0.2, 0.25) is 0 Å². The molecule has 2 aliphatic heterocycles. The zero-order valence-corrected chi connectivity index (χ0v) is 15.1. The molecule has 2 fully saturated rings. The minimum Gasteiger partial charge on any atom is -0.378 e. The number of carbonyl (C=O) groups is 1. The molecule has 2 heterocycles. The summed E-state index contributed by atoms with van der Waals surface area (Å²) in [4.78, 5) is 13.5. The van der Waals surface area contributed by atoms with Gasteiger partial charge in [-0.1, -0.05) is 6.07 Å². The molecule has 6 nitrogen and oxygen atoms in total. The lowest BCUT2D eigenvalue weighted by molar-refractivity contribution is 0.0382. The van der Waals surface area contributed by atoms with Gasteiger partial charge in [-0.3, -0.25) is 0 Å². The van der Waals surface area contributed by atoms with Crippen molar-refractivity contribution in [3.8, 4) is 0 Å². The number of hydrogen-bond acceptors (Lipinski definition) is 4. The fourth-order valence-corrected chi connectivity index (χ4v) is 4.27. The average Bonchev–Trinajstić information content (AvgIpc) is 3.16. The van der Waals surface area contributed by atoms with Gasteiger partial charge in [-0.2, -0.15) is 8.78 Å². The molecule has 9 heteroatoms. The van der Waals surface area contributed by atoms with E-state index in [0.29, 0.717) is 19.0 Å². The monoisotopic (exact) mass is 388 g/mol. The fraction of sp³-hybridized carbons (Fsp3) is 0.588. The number of hydrogen-bond donors (Lipinski definition) is 1. The van der Waals surface area contributed by atoms with Gasteiger partial charge in [0.1, 0.15) is 0 Å². The van der Waals surface area contributed by atoms with Gasteiger partial charge in [0.2, 0.25) is 9.84 Å². The van der Waals surface area contributed by atoms with E-state index in [-0.39, 0.29) is 17.8 Å². The Hall–Kier alpha value is -1.74. The van der Waals surface area contributed by atoms with E-state index in [4.69, 9.17) is 4.74 Å². The number of nitrogens with zero attached hydrogens (tertiary/aromatic N) is 1. The Morgan fingerprint density at radius 1 is 1.23 bits per heavy atom. The lowest BCUT2D eigenvalue weighted by Gasteiger charge is -2.34. The summed E-state index contributed by atoms with van der Waals surface area (Å²) >= 11 is 0. The summed E-state index contributed by atoms with van der Waals surface area (Å²) < 4.78 is 54.1. The number of piperidine rings is 1. The number of benzene rings is 1. The number of anilines is 1. The van der Waals surface area contributed by atoms with Crippen molar-refractivity contribution in [1.29, 1.82) is 0 Å². The third kappa shape index (κ3) is 4.15. The van der Waals surface area contributed by atoms with E-state index < -0.39 is 20.5 Å². The number of rotatable bonds is 4. The van der Waals surface area contributed by atoms with Crippen molar-refractivity contribution in [2.75, 3.05) is 25.0 Å². The van der Waals surface area contributed by atoms with Crippen molar-refractivity contribution in [2.45, 2.75) is 42.4 Å². The highest BCUT2D eigenvalue weighted by atomic mass is 32.2. The first-order chi connectivity index (χ1) is 12.4. The molecule has 1 aromatic carbocycles. The van der Waals surface area contributed by atoms with E-state index in [0.717, 1.165) is 44.4 Å². The van der Waals surface area contributed by atoms with Crippen LogP contribution in [0.25, 0.3) is 0 Å². The lowest BCUT2D eigenvalue weighted by Crippen LogP contribution is -2.43. The summed E-state index contributed by atoms with van der Waals surface area (Å²) in [5, 5.41) is 2.59. The van der Waals surface area contributed by atoms with Crippen LogP contribution in [0, 0.1) is 5.92 Å². The molecular weight excluding hydrogens is 366 g/mol. The maximum absolute atomic E-state index is 12.7. The van der Waals surface area contributed by atoms with Crippen LogP contribution in [0.3, 0.4) is 0 Å². The molecule has 1 N–H and O–H groups in total. The number of ether oxygens (including phenoxy) is 1. The van der Waals surface area contributed by atoms with Crippen LogP contribution < -0.4 is 5.32 Å². The summed E-state index contributed by atoms with van der Waals surface area (Å²) in [6, 6.07) is 4.58. The number of amides is 2. The van der Waals surface area contributed by atoms with E-state index in [2.05, 4.69) is 5.32 Å². The molecule has 3 rings (SSSR count). The first kappa shape index (κ1) is 19.0. The zero-order chi connectivity index (χ0) is 18.7. The molecule has 2 aliphatic rings. The van der Waals surface area contributed by atoms with Crippen LogP contribution in [0.5, 0.6) is 0 Å². The molecule has 1 aromatic rings. The van der Waals surface area contributed by atoms with E-state index in [9.17, 15) is 22.0 Å². The van der Waals surface area contributed by atoms with Crippen molar-refractivity contribution in [3.05, 3.63) is 24.3 Å². The SMILES string of the molecule is O=C(Nc1cccc(S(=O)(=O)C(F)F)c1)N1CCC(C2CCCO2)CC1. The molecule has 1 unspecified atom stereocenters. The molecule has 0 spiro atoms. The third-order valence-corrected chi connectivity index (χ3v) is 6.35. The molecule has 0 aliphatic carbocycles. The number of sulfone groups is 1. The van der Waals surface area contributed by atoms with Gasteiger partial charge >= 0.3 is 11.8 Å². The van der Waals surface area contributed by atoms with Gasteiger partial charge in [0.25, 0.3) is 0 Å². The lowest BCUT2D eigenvalue weighted by atomic mass is 9.90. The number of nitrogens with one attached hydrogen (secondary N) is 1. The van der Waals surface area contributed by atoms with Gasteiger partial charge in [-0.25, -0.2) is 13.2 Å². The van der Waals surface area contributed by atoms with Gasteiger partial charge in [0.15, 0.2) is 0 Å². The fourth-order valence-electron chi connectivity index (χ4n) is 3.50.